The number of sulfonamides is 1. The molecule has 0 saturated carbocycles. The van der Waals surface area contributed by atoms with Gasteiger partial charge in [0.25, 0.3) is 0 Å². The van der Waals surface area contributed by atoms with Crippen LogP contribution < -0.4 is 5.32 Å². The number of hydrogen-bond acceptors (Lipinski definition) is 4. The molecule has 2 aliphatic heterocycles. The van der Waals surface area contributed by atoms with E-state index in [2.05, 4.69) is 5.32 Å². The van der Waals surface area contributed by atoms with Gasteiger partial charge in [0.15, 0.2) is 0 Å². The predicted molar refractivity (Wildman–Crippen MR) is 82.0 cm³/mol. The Kier molecular flexibility index (Phi) is 4.81. The lowest BCUT2D eigenvalue weighted by atomic mass is 10.0. The third-order valence-electron chi connectivity index (χ3n) is 4.03. The molecule has 0 amide bonds. The van der Waals surface area contributed by atoms with Crippen molar-refractivity contribution in [3.63, 3.8) is 0 Å². The molecule has 0 bridgehead atoms. The lowest BCUT2D eigenvalue weighted by Gasteiger charge is -2.18. The molecule has 2 saturated heterocycles. The molecule has 2 fully saturated rings. The Morgan fingerprint density at radius 3 is 2.43 bits per heavy atom. The van der Waals surface area contributed by atoms with E-state index in [1.165, 1.54) is 22.5 Å². The monoisotopic (exact) mass is 347 g/mol. The molecule has 114 valence electrons. The van der Waals surface area contributed by atoms with Crippen molar-refractivity contribution in [2.45, 2.75) is 4.90 Å². The molecule has 0 aromatic heterocycles. The first-order chi connectivity index (χ1) is 9.52. The maximum absolute atomic E-state index is 12.6. The fraction of sp³-hybridized carbons (Fsp3) is 0.462. The highest BCUT2D eigenvalue weighted by atomic mass is 35.5. The average molecular weight is 348 g/mol. The van der Waals surface area contributed by atoms with Gasteiger partial charge >= 0.3 is 0 Å². The molecule has 8 heteroatoms. The molecule has 2 aliphatic rings. The Morgan fingerprint density at radius 2 is 1.90 bits per heavy atom. The van der Waals surface area contributed by atoms with Gasteiger partial charge in [0.1, 0.15) is 4.90 Å². The zero-order valence-electron chi connectivity index (χ0n) is 11.1. The van der Waals surface area contributed by atoms with Crippen LogP contribution in [0, 0.1) is 23.2 Å². The third-order valence-corrected chi connectivity index (χ3v) is 6.35. The van der Waals surface area contributed by atoms with E-state index in [0.29, 0.717) is 30.5 Å². The van der Waals surface area contributed by atoms with E-state index in [0.717, 1.165) is 13.1 Å². The molecule has 1 aromatic rings. The molecule has 0 spiro atoms. The van der Waals surface area contributed by atoms with Crippen LogP contribution in [0.2, 0.25) is 5.02 Å². The Morgan fingerprint density at radius 1 is 1.29 bits per heavy atom. The number of nitrogens with one attached hydrogen (secondary N) is 1. The molecule has 5 nitrogen and oxygen atoms in total. The Labute approximate surface area is 135 Å². The average Bonchev–Trinajstić information content (AvgIpc) is 2.99. The summed E-state index contributed by atoms with van der Waals surface area (Å²) in [6.07, 6.45) is 0. The normalized spacial score (nSPS) is 25.1. The van der Waals surface area contributed by atoms with Crippen molar-refractivity contribution in [2.75, 3.05) is 26.2 Å². The van der Waals surface area contributed by atoms with Crippen LogP contribution in [0.1, 0.15) is 5.56 Å². The van der Waals surface area contributed by atoms with E-state index >= 15 is 0 Å². The molecule has 1 N–H and O–H groups in total. The van der Waals surface area contributed by atoms with Crippen molar-refractivity contribution in [1.29, 1.82) is 5.26 Å². The highest BCUT2D eigenvalue weighted by Gasteiger charge is 2.41. The van der Waals surface area contributed by atoms with Crippen LogP contribution in [0.4, 0.5) is 0 Å². The van der Waals surface area contributed by atoms with Crippen molar-refractivity contribution in [3.8, 4) is 6.07 Å². The van der Waals surface area contributed by atoms with Gasteiger partial charge < -0.3 is 5.32 Å². The summed E-state index contributed by atoms with van der Waals surface area (Å²) in [5.74, 6) is 0.781. The van der Waals surface area contributed by atoms with Crippen LogP contribution in [0.5, 0.6) is 0 Å². The quantitative estimate of drug-likeness (QED) is 0.879. The summed E-state index contributed by atoms with van der Waals surface area (Å²) < 4.78 is 26.8. The van der Waals surface area contributed by atoms with Gasteiger partial charge in [-0.1, -0.05) is 11.6 Å². The zero-order chi connectivity index (χ0) is 14.3. The number of halogens is 2. The van der Waals surface area contributed by atoms with Gasteiger partial charge in [0, 0.05) is 13.1 Å². The molecule has 1 aromatic carbocycles. The number of nitrogens with zero attached hydrogens (tertiary/aromatic N) is 2. The molecule has 0 radical (unpaired) electrons. The van der Waals surface area contributed by atoms with Crippen LogP contribution in [0.3, 0.4) is 0 Å². The molecular weight excluding hydrogens is 333 g/mol. The van der Waals surface area contributed by atoms with Gasteiger partial charge in [-0.05, 0) is 43.1 Å². The number of rotatable bonds is 2. The molecule has 3 rings (SSSR count). The van der Waals surface area contributed by atoms with E-state index in [1.807, 2.05) is 6.07 Å². The third kappa shape index (κ3) is 2.89. The molecular formula is C13H15Cl2N3O2S. The van der Waals surface area contributed by atoms with Gasteiger partial charge in [-0.3, -0.25) is 0 Å². The maximum Gasteiger partial charge on any atom is 0.244 e. The minimum Gasteiger partial charge on any atom is -0.316 e. The fourth-order valence-electron chi connectivity index (χ4n) is 2.93. The molecule has 0 unspecified atom stereocenters. The summed E-state index contributed by atoms with van der Waals surface area (Å²) >= 11 is 6.02. The number of fused-ring (bicyclic) bond motifs is 1. The summed E-state index contributed by atoms with van der Waals surface area (Å²) in [4.78, 5) is 0.0890. The first-order valence-electron chi connectivity index (χ1n) is 6.43. The van der Waals surface area contributed by atoms with Crippen LogP contribution in [-0.4, -0.2) is 38.9 Å². The fourth-order valence-corrected chi connectivity index (χ4v) is 5.00. The van der Waals surface area contributed by atoms with Crippen molar-refractivity contribution in [2.24, 2.45) is 11.8 Å². The lowest BCUT2D eigenvalue weighted by Crippen LogP contribution is -2.32. The summed E-state index contributed by atoms with van der Waals surface area (Å²) in [6, 6.07) is 6.25. The van der Waals surface area contributed by atoms with Gasteiger partial charge in [-0.25, -0.2) is 8.42 Å². The number of hydrogen-bond donors (Lipinski definition) is 1. The van der Waals surface area contributed by atoms with E-state index in [-0.39, 0.29) is 22.3 Å². The van der Waals surface area contributed by atoms with E-state index < -0.39 is 10.0 Å². The van der Waals surface area contributed by atoms with Gasteiger partial charge in [0.2, 0.25) is 10.0 Å². The number of nitriles is 1. The van der Waals surface area contributed by atoms with E-state index in [4.69, 9.17) is 16.9 Å². The molecule has 21 heavy (non-hydrogen) atoms. The SMILES string of the molecule is Cl.N#Cc1ccc(S(=O)(=O)N2C[C@H]3CNC[C@H]3C2)c(Cl)c1. The van der Waals surface area contributed by atoms with Gasteiger partial charge in [-0.2, -0.15) is 9.57 Å². The summed E-state index contributed by atoms with van der Waals surface area (Å²) in [5.41, 5.74) is 0.358. The van der Waals surface area contributed by atoms with Gasteiger partial charge in [-0.15, -0.1) is 12.4 Å². The predicted octanol–water partition coefficient (Wildman–Crippen LogP) is 1.47. The Hall–Kier alpha value is -0.840. The standard InChI is InChI=1S/C13H14ClN3O2S.ClH/c14-12-3-9(4-15)1-2-13(12)20(18,19)17-7-10-5-16-6-11(10)8-17;/h1-3,10-11,16H,5-8H2;1H/t10-,11+;. The van der Waals surface area contributed by atoms with Crippen LogP contribution in [0.15, 0.2) is 23.1 Å². The second kappa shape index (κ2) is 6.11. The highest BCUT2D eigenvalue weighted by Crippen LogP contribution is 2.33. The van der Waals surface area contributed by atoms with Crippen LogP contribution in [0.25, 0.3) is 0 Å². The molecule has 0 aliphatic carbocycles. The van der Waals surface area contributed by atoms with Crippen molar-refractivity contribution >= 4 is 34.0 Å². The minimum absolute atomic E-state index is 0. The summed E-state index contributed by atoms with van der Waals surface area (Å²) in [5, 5.41) is 12.2. The smallest absolute Gasteiger partial charge is 0.244 e. The van der Waals surface area contributed by atoms with Crippen molar-refractivity contribution in [1.82, 2.24) is 9.62 Å². The largest absolute Gasteiger partial charge is 0.316 e. The minimum atomic E-state index is -3.57. The zero-order valence-corrected chi connectivity index (χ0v) is 13.5. The Balaban J connectivity index is 0.00000161. The molecule has 2 atom stereocenters. The summed E-state index contributed by atoms with van der Waals surface area (Å²) in [6.45, 7) is 2.82. The Bertz CT molecular complexity index is 675. The van der Waals surface area contributed by atoms with E-state index in [9.17, 15) is 8.42 Å². The van der Waals surface area contributed by atoms with E-state index in [1.54, 1.807) is 0 Å². The topological polar surface area (TPSA) is 73.2 Å². The van der Waals surface area contributed by atoms with Gasteiger partial charge in [0.05, 0.1) is 16.7 Å². The second-order valence-corrected chi connectivity index (χ2v) is 7.57. The first kappa shape index (κ1) is 16.5. The van der Waals surface area contributed by atoms with Crippen molar-refractivity contribution in [3.05, 3.63) is 28.8 Å². The van der Waals surface area contributed by atoms with Crippen LogP contribution in [-0.2, 0) is 10.0 Å². The second-order valence-electron chi connectivity index (χ2n) is 5.26. The highest BCUT2D eigenvalue weighted by molar-refractivity contribution is 7.89. The molecule has 2 heterocycles. The maximum atomic E-state index is 12.6. The first-order valence-corrected chi connectivity index (χ1v) is 8.24. The lowest BCUT2D eigenvalue weighted by molar-refractivity contribution is 0.448. The summed E-state index contributed by atoms with van der Waals surface area (Å²) in [7, 11) is -3.57. The van der Waals surface area contributed by atoms with Crippen LogP contribution >= 0.6 is 24.0 Å². The number of benzene rings is 1. The van der Waals surface area contributed by atoms with Crippen molar-refractivity contribution < 1.29 is 8.42 Å².